The van der Waals surface area contributed by atoms with Gasteiger partial charge in [0.05, 0.1) is 29.1 Å². The minimum absolute atomic E-state index is 0.177. The van der Waals surface area contributed by atoms with Crippen LogP contribution in [-0.2, 0) is 14.3 Å². The molecule has 142 valence electrons. The maximum atomic E-state index is 12.8. The van der Waals surface area contributed by atoms with E-state index in [1.54, 1.807) is 45.2 Å². The first-order valence-electron chi connectivity index (χ1n) is 9.01. The number of amides is 1. The monoisotopic (exact) mass is 366 g/mol. The van der Waals surface area contributed by atoms with Crippen molar-refractivity contribution in [1.82, 2.24) is 4.98 Å². The number of anilines is 1. The molecule has 0 aliphatic rings. The minimum Gasteiger partial charge on any atom is -0.465 e. The van der Waals surface area contributed by atoms with Crippen LogP contribution in [0.15, 0.2) is 61.3 Å². The first-order valence-corrected chi connectivity index (χ1v) is 9.01. The molecule has 5 heteroatoms. The van der Waals surface area contributed by atoms with E-state index in [1.165, 1.54) is 0 Å². The molecule has 1 heterocycles. The second kappa shape index (κ2) is 9.12. The highest BCUT2D eigenvalue weighted by Gasteiger charge is 2.27. The Bertz CT molecular complexity index is 850. The molecule has 0 saturated heterocycles. The molecule has 0 fully saturated rings. The van der Waals surface area contributed by atoms with Gasteiger partial charge in [0, 0.05) is 11.6 Å². The summed E-state index contributed by atoms with van der Waals surface area (Å²) in [7, 11) is 0. The van der Waals surface area contributed by atoms with E-state index < -0.39 is 11.3 Å². The van der Waals surface area contributed by atoms with Crippen LogP contribution in [0, 0.1) is 11.3 Å². The molecular formula is C22H26N2O3. The SMILES string of the molecule is C=CCC(/C=C/C(C)(C)C(=O)OCC)C(=O)Nc1cccc2cccnc12. The number of allylic oxidation sites excluding steroid dienone is 1. The van der Waals surface area contributed by atoms with E-state index in [0.29, 0.717) is 18.7 Å². The van der Waals surface area contributed by atoms with Crippen molar-refractivity contribution in [2.24, 2.45) is 11.3 Å². The van der Waals surface area contributed by atoms with Gasteiger partial charge in [0.1, 0.15) is 0 Å². The number of para-hydroxylation sites is 1. The number of benzene rings is 1. The molecule has 2 aromatic rings. The van der Waals surface area contributed by atoms with E-state index in [0.717, 1.165) is 10.9 Å². The lowest BCUT2D eigenvalue weighted by molar-refractivity contribution is -0.150. The van der Waals surface area contributed by atoms with E-state index in [1.807, 2.05) is 30.3 Å². The van der Waals surface area contributed by atoms with E-state index in [4.69, 9.17) is 4.74 Å². The van der Waals surface area contributed by atoms with Crippen LogP contribution in [0.2, 0.25) is 0 Å². The first-order chi connectivity index (χ1) is 12.9. The van der Waals surface area contributed by atoms with E-state index >= 15 is 0 Å². The molecule has 0 aliphatic heterocycles. The van der Waals surface area contributed by atoms with Crippen molar-refractivity contribution in [1.29, 1.82) is 0 Å². The molecular weight excluding hydrogens is 340 g/mol. The Kier molecular flexibility index (Phi) is 6.88. The van der Waals surface area contributed by atoms with Crippen LogP contribution in [0.25, 0.3) is 10.9 Å². The molecule has 1 unspecified atom stereocenters. The molecule has 0 radical (unpaired) electrons. The summed E-state index contributed by atoms with van der Waals surface area (Å²) in [5.41, 5.74) is 0.586. The molecule has 0 aliphatic carbocycles. The maximum absolute atomic E-state index is 12.8. The second-order valence-corrected chi connectivity index (χ2v) is 6.80. The fourth-order valence-corrected chi connectivity index (χ4v) is 2.62. The number of rotatable bonds is 8. The molecule has 2 rings (SSSR count). The summed E-state index contributed by atoms with van der Waals surface area (Å²) < 4.78 is 5.08. The molecule has 1 atom stereocenters. The highest BCUT2D eigenvalue weighted by atomic mass is 16.5. The maximum Gasteiger partial charge on any atom is 0.315 e. The molecule has 1 aromatic carbocycles. The van der Waals surface area contributed by atoms with Crippen LogP contribution in [-0.4, -0.2) is 23.5 Å². The third-order valence-corrected chi connectivity index (χ3v) is 4.19. The summed E-state index contributed by atoms with van der Waals surface area (Å²) in [6.07, 6.45) is 7.31. The van der Waals surface area contributed by atoms with Crippen molar-refractivity contribution in [2.75, 3.05) is 11.9 Å². The van der Waals surface area contributed by atoms with Gasteiger partial charge in [-0.05, 0) is 39.3 Å². The highest BCUT2D eigenvalue weighted by molar-refractivity contribution is 6.01. The van der Waals surface area contributed by atoms with Crippen LogP contribution >= 0.6 is 0 Å². The zero-order valence-corrected chi connectivity index (χ0v) is 16.1. The Morgan fingerprint density at radius 2 is 2.04 bits per heavy atom. The van der Waals surface area contributed by atoms with Gasteiger partial charge in [0.25, 0.3) is 0 Å². The number of carbonyl (C=O) groups excluding carboxylic acids is 2. The number of hydrogen-bond donors (Lipinski definition) is 1. The third kappa shape index (κ3) is 5.26. The summed E-state index contributed by atoms with van der Waals surface area (Å²) in [6.45, 7) is 9.34. The van der Waals surface area contributed by atoms with Gasteiger partial charge < -0.3 is 10.1 Å². The van der Waals surface area contributed by atoms with Crippen molar-refractivity contribution in [3.05, 3.63) is 61.3 Å². The van der Waals surface area contributed by atoms with Gasteiger partial charge >= 0.3 is 5.97 Å². The van der Waals surface area contributed by atoms with Gasteiger partial charge in [-0.15, -0.1) is 6.58 Å². The van der Waals surface area contributed by atoms with Gasteiger partial charge in [-0.2, -0.15) is 0 Å². The molecule has 1 N–H and O–H groups in total. The smallest absolute Gasteiger partial charge is 0.315 e. The summed E-state index contributed by atoms with van der Waals surface area (Å²) >= 11 is 0. The number of fused-ring (bicyclic) bond motifs is 1. The van der Waals surface area contributed by atoms with Crippen LogP contribution in [0.4, 0.5) is 5.69 Å². The number of carbonyl (C=O) groups is 2. The average molecular weight is 366 g/mol. The predicted octanol–water partition coefficient (Wildman–Crippen LogP) is 4.51. The van der Waals surface area contributed by atoms with Crippen LogP contribution in [0.5, 0.6) is 0 Å². The fourth-order valence-electron chi connectivity index (χ4n) is 2.62. The number of nitrogens with zero attached hydrogens (tertiary/aromatic N) is 1. The molecule has 1 aromatic heterocycles. The summed E-state index contributed by atoms with van der Waals surface area (Å²) in [5, 5.41) is 3.90. The molecule has 0 spiro atoms. The lowest BCUT2D eigenvalue weighted by atomic mass is 9.90. The van der Waals surface area contributed by atoms with Gasteiger partial charge in [0.2, 0.25) is 5.91 Å². The van der Waals surface area contributed by atoms with Gasteiger partial charge in [-0.25, -0.2) is 0 Å². The zero-order chi connectivity index (χ0) is 19.9. The van der Waals surface area contributed by atoms with E-state index in [2.05, 4.69) is 16.9 Å². The Morgan fingerprint density at radius 1 is 1.30 bits per heavy atom. The zero-order valence-electron chi connectivity index (χ0n) is 16.1. The van der Waals surface area contributed by atoms with Gasteiger partial charge in [0.15, 0.2) is 0 Å². The van der Waals surface area contributed by atoms with Gasteiger partial charge in [-0.3, -0.25) is 14.6 Å². The Balaban J connectivity index is 2.20. The molecule has 5 nitrogen and oxygen atoms in total. The number of aromatic nitrogens is 1. The van der Waals surface area contributed by atoms with Crippen molar-refractivity contribution in [3.63, 3.8) is 0 Å². The quantitative estimate of drug-likeness (QED) is 0.551. The second-order valence-electron chi connectivity index (χ2n) is 6.80. The van der Waals surface area contributed by atoms with Crippen molar-refractivity contribution in [2.45, 2.75) is 27.2 Å². The topological polar surface area (TPSA) is 68.3 Å². The molecule has 0 saturated carbocycles. The van der Waals surface area contributed by atoms with Crippen LogP contribution < -0.4 is 5.32 Å². The summed E-state index contributed by atoms with van der Waals surface area (Å²) in [6, 6.07) is 9.45. The fraction of sp³-hybridized carbons (Fsp3) is 0.318. The third-order valence-electron chi connectivity index (χ3n) is 4.19. The van der Waals surface area contributed by atoms with Crippen molar-refractivity contribution in [3.8, 4) is 0 Å². The first kappa shape index (κ1) is 20.4. The lowest BCUT2D eigenvalue weighted by Crippen LogP contribution is -2.26. The standard InChI is InChI=1S/C22H26N2O3/c1-5-9-17(13-14-22(3,4)21(26)27-6-2)20(25)24-18-12-7-10-16-11-8-15-23-19(16)18/h5,7-8,10-15,17H,1,6,9H2,2-4H3,(H,24,25)/b14-13+. The normalized spacial score (nSPS) is 12.7. The average Bonchev–Trinajstić information content (AvgIpc) is 2.65. The Labute approximate surface area is 160 Å². The summed E-state index contributed by atoms with van der Waals surface area (Å²) in [4.78, 5) is 29.2. The Morgan fingerprint density at radius 3 is 2.74 bits per heavy atom. The summed E-state index contributed by atoms with van der Waals surface area (Å²) in [5.74, 6) is -0.948. The number of ether oxygens (including phenoxy) is 1. The Hall–Kier alpha value is -2.95. The molecule has 27 heavy (non-hydrogen) atoms. The predicted molar refractivity (Wildman–Crippen MR) is 108 cm³/mol. The van der Waals surface area contributed by atoms with Crippen LogP contribution in [0.3, 0.4) is 0 Å². The van der Waals surface area contributed by atoms with Crippen molar-refractivity contribution >= 4 is 28.5 Å². The van der Waals surface area contributed by atoms with Crippen molar-refractivity contribution < 1.29 is 14.3 Å². The minimum atomic E-state index is -0.809. The lowest BCUT2D eigenvalue weighted by Gasteiger charge is -2.19. The number of pyridine rings is 1. The molecule has 1 amide bonds. The number of hydrogen-bond acceptors (Lipinski definition) is 4. The van der Waals surface area contributed by atoms with E-state index in [-0.39, 0.29) is 11.9 Å². The number of esters is 1. The largest absolute Gasteiger partial charge is 0.465 e. The van der Waals surface area contributed by atoms with Gasteiger partial charge in [-0.1, -0.05) is 36.4 Å². The highest BCUT2D eigenvalue weighted by Crippen LogP contribution is 2.24. The van der Waals surface area contributed by atoms with Crippen LogP contribution in [0.1, 0.15) is 27.2 Å². The van der Waals surface area contributed by atoms with E-state index in [9.17, 15) is 9.59 Å². The molecule has 0 bridgehead atoms. The number of nitrogens with one attached hydrogen (secondary N) is 1.